The van der Waals surface area contributed by atoms with Gasteiger partial charge in [-0.3, -0.25) is 0 Å². The molecule has 1 fully saturated rings. The first-order chi connectivity index (χ1) is 8.79. The van der Waals surface area contributed by atoms with Crippen molar-refractivity contribution in [2.24, 2.45) is 11.7 Å². The van der Waals surface area contributed by atoms with Crippen LogP contribution in [0.1, 0.15) is 18.9 Å². The number of hydrogen-bond acceptors (Lipinski definition) is 2. The van der Waals surface area contributed by atoms with Crippen LogP contribution in [0, 0.1) is 5.92 Å². The van der Waals surface area contributed by atoms with Crippen molar-refractivity contribution in [3.8, 4) is 0 Å². The van der Waals surface area contributed by atoms with E-state index in [1.807, 2.05) is 6.92 Å². The second kappa shape index (κ2) is 5.32. The lowest BCUT2D eigenvalue weighted by molar-refractivity contribution is -0.137. The lowest BCUT2D eigenvalue weighted by atomic mass is 10.0. The Morgan fingerprint density at radius 1 is 1.42 bits per heavy atom. The number of nitrogens with two attached hydrogens (primary N) is 1. The molecule has 1 aliphatic heterocycles. The van der Waals surface area contributed by atoms with Crippen molar-refractivity contribution in [1.29, 1.82) is 0 Å². The van der Waals surface area contributed by atoms with Gasteiger partial charge in [0.15, 0.2) is 0 Å². The normalized spacial score (nSPS) is 21.8. The molecule has 0 saturated carbocycles. The summed E-state index contributed by atoms with van der Waals surface area (Å²) in [4.78, 5) is 1.78. The fourth-order valence-electron chi connectivity index (χ4n) is 2.44. The summed E-state index contributed by atoms with van der Waals surface area (Å²) in [6.45, 7) is 3.10. The fourth-order valence-corrected chi connectivity index (χ4v) is 2.79. The highest BCUT2D eigenvalue weighted by Gasteiger charge is 2.36. The molecule has 0 spiro atoms. The molecule has 0 amide bonds. The second-order valence-electron chi connectivity index (χ2n) is 5.01. The summed E-state index contributed by atoms with van der Waals surface area (Å²) in [6, 6.07) is 4.09. The van der Waals surface area contributed by atoms with Crippen LogP contribution in [0.4, 0.5) is 18.9 Å². The minimum absolute atomic E-state index is 0.00601. The quantitative estimate of drug-likeness (QED) is 0.893. The Kier molecular flexibility index (Phi) is 4.11. The molecule has 0 radical (unpaired) electrons. The van der Waals surface area contributed by atoms with E-state index < -0.39 is 11.7 Å². The SMILES string of the molecule is CC(N)C1CCN(c2cc(Br)ccc2C(F)(F)F)C1. The molecule has 1 saturated heterocycles. The minimum Gasteiger partial charge on any atom is -0.371 e. The van der Waals surface area contributed by atoms with E-state index in [1.165, 1.54) is 12.1 Å². The van der Waals surface area contributed by atoms with Gasteiger partial charge in [0.05, 0.1) is 11.3 Å². The zero-order valence-corrected chi connectivity index (χ0v) is 12.1. The summed E-state index contributed by atoms with van der Waals surface area (Å²) in [5.74, 6) is 0.250. The van der Waals surface area contributed by atoms with E-state index in [0.29, 0.717) is 17.6 Å². The third kappa shape index (κ3) is 3.23. The van der Waals surface area contributed by atoms with E-state index in [4.69, 9.17) is 5.73 Å². The Hall–Kier alpha value is -0.750. The zero-order valence-electron chi connectivity index (χ0n) is 10.5. The molecule has 2 N–H and O–H groups in total. The number of halogens is 4. The van der Waals surface area contributed by atoms with E-state index in [2.05, 4.69) is 15.9 Å². The monoisotopic (exact) mass is 336 g/mol. The van der Waals surface area contributed by atoms with Crippen molar-refractivity contribution in [3.63, 3.8) is 0 Å². The summed E-state index contributed by atoms with van der Waals surface area (Å²) in [7, 11) is 0. The molecule has 6 heteroatoms. The number of benzene rings is 1. The van der Waals surface area contributed by atoms with Gasteiger partial charge < -0.3 is 10.6 Å². The van der Waals surface area contributed by atoms with Crippen LogP contribution in [0.5, 0.6) is 0 Å². The van der Waals surface area contributed by atoms with E-state index >= 15 is 0 Å². The Morgan fingerprint density at radius 2 is 2.11 bits per heavy atom. The Morgan fingerprint density at radius 3 is 2.63 bits per heavy atom. The predicted molar refractivity (Wildman–Crippen MR) is 73.1 cm³/mol. The molecule has 1 aromatic rings. The van der Waals surface area contributed by atoms with Crippen molar-refractivity contribution in [3.05, 3.63) is 28.2 Å². The first-order valence-corrected chi connectivity index (χ1v) is 6.95. The number of hydrogen-bond donors (Lipinski definition) is 1. The van der Waals surface area contributed by atoms with Gasteiger partial charge in [-0.1, -0.05) is 15.9 Å². The fraction of sp³-hybridized carbons (Fsp3) is 0.538. The molecule has 106 valence electrons. The van der Waals surface area contributed by atoms with Crippen LogP contribution >= 0.6 is 15.9 Å². The van der Waals surface area contributed by atoms with Gasteiger partial charge in [-0.05, 0) is 37.5 Å². The second-order valence-corrected chi connectivity index (χ2v) is 5.93. The van der Waals surface area contributed by atoms with Crippen LogP contribution in [0.3, 0.4) is 0 Å². The lowest BCUT2D eigenvalue weighted by Gasteiger charge is -2.24. The molecule has 1 aromatic carbocycles. The van der Waals surface area contributed by atoms with Crippen molar-refractivity contribution in [1.82, 2.24) is 0 Å². The summed E-state index contributed by atoms with van der Waals surface area (Å²) >= 11 is 3.24. The van der Waals surface area contributed by atoms with Crippen LogP contribution < -0.4 is 10.6 Å². The van der Waals surface area contributed by atoms with Gasteiger partial charge in [0.25, 0.3) is 0 Å². The highest BCUT2D eigenvalue weighted by molar-refractivity contribution is 9.10. The Balaban J connectivity index is 2.32. The first kappa shape index (κ1) is 14.7. The van der Waals surface area contributed by atoms with Crippen molar-refractivity contribution >= 4 is 21.6 Å². The maximum absolute atomic E-state index is 13.0. The molecule has 0 aromatic heterocycles. The van der Waals surface area contributed by atoms with Gasteiger partial charge in [-0.15, -0.1) is 0 Å². The maximum atomic E-state index is 13.0. The Bertz CT molecular complexity index is 460. The number of nitrogens with zero attached hydrogens (tertiary/aromatic N) is 1. The van der Waals surface area contributed by atoms with Gasteiger partial charge in [-0.25, -0.2) is 0 Å². The summed E-state index contributed by atoms with van der Waals surface area (Å²) in [5.41, 5.74) is 5.49. The van der Waals surface area contributed by atoms with Gasteiger partial charge in [0, 0.05) is 23.6 Å². The van der Waals surface area contributed by atoms with Crippen molar-refractivity contribution in [2.45, 2.75) is 25.6 Å². The molecule has 2 rings (SSSR count). The molecule has 19 heavy (non-hydrogen) atoms. The van der Waals surface area contributed by atoms with E-state index in [-0.39, 0.29) is 17.6 Å². The average molecular weight is 337 g/mol. The highest BCUT2D eigenvalue weighted by Crippen LogP contribution is 2.39. The third-order valence-corrected chi connectivity index (χ3v) is 4.07. The first-order valence-electron chi connectivity index (χ1n) is 6.16. The molecule has 0 bridgehead atoms. The maximum Gasteiger partial charge on any atom is 0.418 e. The van der Waals surface area contributed by atoms with Crippen molar-refractivity contribution < 1.29 is 13.2 Å². The van der Waals surface area contributed by atoms with Crippen LogP contribution in [0.2, 0.25) is 0 Å². The van der Waals surface area contributed by atoms with Crippen LogP contribution in [0.25, 0.3) is 0 Å². The Labute approximate surface area is 118 Å². The molecule has 0 aliphatic carbocycles. The third-order valence-electron chi connectivity index (χ3n) is 3.57. The highest BCUT2D eigenvalue weighted by atomic mass is 79.9. The topological polar surface area (TPSA) is 29.3 Å². The van der Waals surface area contributed by atoms with Gasteiger partial charge in [-0.2, -0.15) is 13.2 Å². The summed E-state index contributed by atoms with van der Waals surface area (Å²) in [6.07, 6.45) is -3.50. The molecular weight excluding hydrogens is 321 g/mol. The van der Waals surface area contributed by atoms with Crippen molar-refractivity contribution in [2.75, 3.05) is 18.0 Å². The van der Waals surface area contributed by atoms with Gasteiger partial charge >= 0.3 is 6.18 Å². The van der Waals surface area contributed by atoms with Gasteiger partial charge in [0.2, 0.25) is 0 Å². The standard InChI is InChI=1S/C13H16BrF3N2/c1-8(18)9-4-5-19(7-9)12-6-10(14)2-3-11(12)13(15,16)17/h2-3,6,8-9H,4-5,7,18H2,1H3. The van der Waals surface area contributed by atoms with Crippen LogP contribution in [-0.4, -0.2) is 19.1 Å². The molecule has 2 unspecified atom stereocenters. The summed E-state index contributed by atoms with van der Waals surface area (Å²) in [5, 5.41) is 0. The molecule has 2 nitrogen and oxygen atoms in total. The predicted octanol–water partition coefficient (Wildman–Crippen LogP) is 3.64. The smallest absolute Gasteiger partial charge is 0.371 e. The number of alkyl halides is 3. The van der Waals surface area contributed by atoms with Crippen LogP contribution in [0.15, 0.2) is 22.7 Å². The lowest BCUT2D eigenvalue weighted by Crippen LogP contribution is -2.30. The number of anilines is 1. The van der Waals surface area contributed by atoms with E-state index in [9.17, 15) is 13.2 Å². The largest absolute Gasteiger partial charge is 0.418 e. The van der Waals surface area contributed by atoms with Crippen LogP contribution in [-0.2, 0) is 6.18 Å². The average Bonchev–Trinajstić information content (AvgIpc) is 2.76. The molecular formula is C13H16BrF3N2. The van der Waals surface area contributed by atoms with Gasteiger partial charge in [0.1, 0.15) is 0 Å². The molecule has 2 atom stereocenters. The molecule has 1 aliphatic rings. The minimum atomic E-state index is -4.33. The van der Waals surface area contributed by atoms with E-state index in [1.54, 1.807) is 4.90 Å². The summed E-state index contributed by atoms with van der Waals surface area (Å²) < 4.78 is 39.7. The van der Waals surface area contributed by atoms with E-state index in [0.717, 1.165) is 12.5 Å². The number of rotatable bonds is 2. The molecule has 1 heterocycles. The zero-order chi connectivity index (χ0) is 14.2.